The second-order valence-corrected chi connectivity index (χ2v) is 7.30. The van der Waals surface area contributed by atoms with Gasteiger partial charge in [0.05, 0.1) is 18.4 Å². The first kappa shape index (κ1) is 19.2. The third-order valence-electron chi connectivity index (χ3n) is 5.16. The largest absolute Gasteiger partial charge is 0.490 e. The van der Waals surface area contributed by atoms with Crippen LogP contribution in [-0.2, 0) is 18.4 Å². The molecule has 1 amide bonds. The molecular weight excluding hydrogens is 370 g/mol. The number of aryl methyl sites for hydroxylation is 1. The zero-order valence-corrected chi connectivity index (χ0v) is 16.6. The topological polar surface area (TPSA) is 94.1 Å². The highest BCUT2D eigenvalue weighted by Gasteiger charge is 2.29. The molecule has 0 unspecified atom stereocenters. The molecule has 2 heterocycles. The van der Waals surface area contributed by atoms with Gasteiger partial charge in [-0.3, -0.25) is 14.6 Å². The van der Waals surface area contributed by atoms with E-state index in [1.807, 2.05) is 36.4 Å². The number of ether oxygens (including phenoxy) is 2. The predicted molar refractivity (Wildman–Crippen MR) is 108 cm³/mol. The number of amides is 1. The Kier molecular flexibility index (Phi) is 5.62. The van der Waals surface area contributed by atoms with Crippen molar-refractivity contribution in [3.8, 4) is 5.75 Å². The third kappa shape index (κ3) is 4.48. The van der Waals surface area contributed by atoms with Crippen LogP contribution in [0.15, 0.2) is 42.5 Å². The van der Waals surface area contributed by atoms with Gasteiger partial charge >= 0.3 is 0 Å². The fraction of sp³-hybridized carbons (Fsp3) is 0.381. The van der Waals surface area contributed by atoms with Crippen LogP contribution in [0.25, 0.3) is 0 Å². The van der Waals surface area contributed by atoms with Crippen molar-refractivity contribution in [2.24, 2.45) is 7.05 Å². The third-order valence-corrected chi connectivity index (χ3v) is 5.16. The van der Waals surface area contributed by atoms with Crippen molar-refractivity contribution >= 4 is 11.7 Å². The van der Waals surface area contributed by atoms with Gasteiger partial charge in [0.1, 0.15) is 11.4 Å². The van der Waals surface area contributed by atoms with E-state index in [4.69, 9.17) is 9.47 Å². The van der Waals surface area contributed by atoms with Gasteiger partial charge in [0.2, 0.25) is 0 Å². The van der Waals surface area contributed by atoms with E-state index in [1.165, 1.54) is 0 Å². The van der Waals surface area contributed by atoms with E-state index in [0.717, 1.165) is 30.7 Å². The molecular formula is C21H25N5O3. The summed E-state index contributed by atoms with van der Waals surface area (Å²) in [5.41, 5.74) is 2.18. The maximum atomic E-state index is 12.6. The molecule has 152 valence electrons. The maximum Gasteiger partial charge on any atom is 0.275 e. The van der Waals surface area contributed by atoms with Gasteiger partial charge < -0.3 is 14.8 Å². The van der Waals surface area contributed by atoms with Crippen LogP contribution in [0.3, 0.4) is 0 Å². The molecule has 2 N–H and O–H groups in total. The highest BCUT2D eigenvalue weighted by Crippen LogP contribution is 2.36. The van der Waals surface area contributed by atoms with Gasteiger partial charge in [-0.2, -0.15) is 10.2 Å². The molecule has 1 aliphatic carbocycles. The van der Waals surface area contributed by atoms with Crippen molar-refractivity contribution in [2.45, 2.75) is 37.9 Å². The molecule has 8 heteroatoms. The van der Waals surface area contributed by atoms with Crippen molar-refractivity contribution in [3.63, 3.8) is 0 Å². The summed E-state index contributed by atoms with van der Waals surface area (Å²) in [6.07, 6.45) is 3.14. The molecule has 29 heavy (non-hydrogen) atoms. The molecule has 2 aromatic heterocycles. The number of H-pyrrole nitrogens is 1. The SMILES string of the molecule is COCc1cc(C(=O)Nc2cc([C@@H]3CC[C@H](Oc4ccccc4)C3)[nH]n2)n(C)n1. The predicted octanol–water partition coefficient (Wildman–Crippen LogP) is 3.26. The molecule has 0 radical (unpaired) electrons. The number of rotatable bonds is 7. The summed E-state index contributed by atoms with van der Waals surface area (Å²) in [5, 5.41) is 14.4. The normalized spacial score (nSPS) is 18.7. The first-order chi connectivity index (χ1) is 14.1. The van der Waals surface area contributed by atoms with E-state index in [2.05, 4.69) is 20.6 Å². The Bertz CT molecular complexity index is 966. The Morgan fingerprint density at radius 3 is 2.90 bits per heavy atom. The molecule has 1 aromatic carbocycles. The Morgan fingerprint density at radius 1 is 1.28 bits per heavy atom. The maximum absolute atomic E-state index is 12.6. The number of benzene rings is 1. The van der Waals surface area contributed by atoms with Gasteiger partial charge in [0.25, 0.3) is 5.91 Å². The number of nitrogens with zero attached hydrogens (tertiary/aromatic N) is 3. The lowest BCUT2D eigenvalue weighted by Crippen LogP contribution is -2.16. The number of hydrogen-bond donors (Lipinski definition) is 2. The molecule has 4 rings (SSSR count). The first-order valence-corrected chi connectivity index (χ1v) is 9.72. The number of nitrogens with one attached hydrogen (secondary N) is 2. The van der Waals surface area contributed by atoms with Crippen LogP contribution in [0.4, 0.5) is 5.82 Å². The standard InChI is InChI=1S/C21H25N5O3/c1-26-19(11-15(25-26)13-28-2)21(27)22-20-12-18(23-24-20)14-8-9-17(10-14)29-16-6-4-3-5-7-16/h3-7,11-12,14,17H,8-10,13H2,1-2H3,(H2,22,23,24,27)/t14-,17+/m1/s1. The quantitative estimate of drug-likeness (QED) is 0.640. The van der Waals surface area contributed by atoms with E-state index in [-0.39, 0.29) is 12.0 Å². The highest BCUT2D eigenvalue weighted by molar-refractivity contribution is 6.02. The fourth-order valence-electron chi connectivity index (χ4n) is 3.77. The number of anilines is 1. The van der Waals surface area contributed by atoms with Crippen LogP contribution >= 0.6 is 0 Å². The lowest BCUT2D eigenvalue weighted by Gasteiger charge is -2.13. The molecule has 1 fully saturated rings. The molecule has 0 aliphatic heterocycles. The average Bonchev–Trinajstić information content (AvgIpc) is 3.43. The van der Waals surface area contributed by atoms with Crippen LogP contribution in [0, 0.1) is 0 Å². The molecule has 8 nitrogen and oxygen atoms in total. The molecule has 3 aromatic rings. The van der Waals surface area contributed by atoms with Crippen molar-refractivity contribution < 1.29 is 14.3 Å². The highest BCUT2D eigenvalue weighted by atomic mass is 16.5. The Labute approximate surface area is 169 Å². The Morgan fingerprint density at radius 2 is 2.10 bits per heavy atom. The van der Waals surface area contributed by atoms with Crippen molar-refractivity contribution in [2.75, 3.05) is 12.4 Å². The van der Waals surface area contributed by atoms with Gasteiger partial charge in [-0.15, -0.1) is 0 Å². The van der Waals surface area contributed by atoms with Crippen LogP contribution in [0.5, 0.6) is 5.75 Å². The molecule has 1 aliphatic rings. The minimum Gasteiger partial charge on any atom is -0.490 e. The Balaban J connectivity index is 1.36. The summed E-state index contributed by atoms with van der Waals surface area (Å²) in [7, 11) is 3.33. The second kappa shape index (κ2) is 8.48. The van der Waals surface area contributed by atoms with Crippen LogP contribution in [0.1, 0.15) is 47.1 Å². The van der Waals surface area contributed by atoms with E-state index >= 15 is 0 Å². The summed E-state index contributed by atoms with van der Waals surface area (Å²) < 4.78 is 12.7. The van der Waals surface area contributed by atoms with Crippen LogP contribution < -0.4 is 10.1 Å². The average molecular weight is 395 g/mol. The van der Waals surface area contributed by atoms with E-state index in [1.54, 1.807) is 24.9 Å². The number of hydrogen-bond acceptors (Lipinski definition) is 5. The lowest BCUT2D eigenvalue weighted by atomic mass is 10.0. The second-order valence-electron chi connectivity index (χ2n) is 7.30. The molecule has 0 saturated heterocycles. The summed E-state index contributed by atoms with van der Waals surface area (Å²) in [6.45, 7) is 0.363. The van der Waals surface area contributed by atoms with E-state index in [9.17, 15) is 4.79 Å². The number of aromatic nitrogens is 4. The van der Waals surface area contributed by atoms with Crippen molar-refractivity contribution in [1.82, 2.24) is 20.0 Å². The van der Waals surface area contributed by atoms with Gasteiger partial charge in [-0.25, -0.2) is 0 Å². The molecule has 0 bridgehead atoms. The monoisotopic (exact) mass is 395 g/mol. The summed E-state index contributed by atoms with van der Waals surface area (Å²) >= 11 is 0. The minimum atomic E-state index is -0.253. The molecule has 0 spiro atoms. The minimum absolute atomic E-state index is 0.192. The van der Waals surface area contributed by atoms with Gasteiger partial charge in [0.15, 0.2) is 5.82 Å². The molecule has 2 atom stereocenters. The molecule has 1 saturated carbocycles. The smallest absolute Gasteiger partial charge is 0.275 e. The number of carbonyl (C=O) groups excluding carboxylic acids is 1. The number of carbonyl (C=O) groups is 1. The number of methoxy groups -OCH3 is 1. The van der Waals surface area contributed by atoms with Crippen molar-refractivity contribution in [3.05, 3.63) is 59.5 Å². The van der Waals surface area contributed by atoms with Crippen LogP contribution in [0.2, 0.25) is 0 Å². The zero-order chi connectivity index (χ0) is 20.2. The first-order valence-electron chi connectivity index (χ1n) is 9.72. The zero-order valence-electron chi connectivity index (χ0n) is 16.6. The number of aromatic amines is 1. The summed E-state index contributed by atoms with van der Waals surface area (Å²) in [5.74, 6) is 1.50. The fourth-order valence-corrected chi connectivity index (χ4v) is 3.77. The van der Waals surface area contributed by atoms with Crippen molar-refractivity contribution in [1.29, 1.82) is 0 Å². The number of para-hydroxylation sites is 1. The van der Waals surface area contributed by atoms with E-state index in [0.29, 0.717) is 29.7 Å². The van der Waals surface area contributed by atoms with E-state index < -0.39 is 0 Å². The summed E-state index contributed by atoms with van der Waals surface area (Å²) in [4.78, 5) is 12.6. The Hall–Kier alpha value is -3.13. The van der Waals surface area contributed by atoms with Gasteiger partial charge in [-0.1, -0.05) is 18.2 Å². The lowest BCUT2D eigenvalue weighted by molar-refractivity contribution is 0.101. The van der Waals surface area contributed by atoms with Crippen LogP contribution in [-0.4, -0.2) is 39.1 Å². The summed E-state index contributed by atoms with van der Waals surface area (Å²) in [6, 6.07) is 13.5. The van der Waals surface area contributed by atoms with Gasteiger partial charge in [-0.05, 0) is 37.5 Å². The van der Waals surface area contributed by atoms with Gasteiger partial charge in [0, 0.05) is 31.8 Å².